The van der Waals surface area contributed by atoms with E-state index in [0.29, 0.717) is 6.54 Å². The van der Waals surface area contributed by atoms with Gasteiger partial charge in [-0.2, -0.15) is 0 Å². The summed E-state index contributed by atoms with van der Waals surface area (Å²) in [6.07, 6.45) is 1.74. The summed E-state index contributed by atoms with van der Waals surface area (Å²) in [5.74, 6) is 0.0381. The van der Waals surface area contributed by atoms with Gasteiger partial charge in [-0.05, 0) is 18.8 Å². The number of nitrogens with two attached hydrogens (primary N) is 1. The Morgan fingerprint density at radius 2 is 1.94 bits per heavy atom. The molecule has 1 rings (SSSR count). The van der Waals surface area contributed by atoms with E-state index >= 15 is 0 Å². The van der Waals surface area contributed by atoms with E-state index in [4.69, 9.17) is 5.73 Å². The van der Waals surface area contributed by atoms with Gasteiger partial charge in [0, 0.05) is 19.1 Å². The number of halogens is 1. The van der Waals surface area contributed by atoms with Gasteiger partial charge in [0.1, 0.15) is 0 Å². The first-order chi connectivity index (χ1) is 8.40. The lowest BCUT2D eigenvalue weighted by atomic mass is 10.0. The normalized spacial score (nSPS) is 19.8. The van der Waals surface area contributed by atoms with Crippen LogP contribution in [-0.2, 0) is 9.59 Å². The van der Waals surface area contributed by atoms with Crippen LogP contribution in [0, 0.1) is 5.92 Å². The number of hydrogen-bond donors (Lipinski definition) is 2. The molecule has 0 aromatic heterocycles. The molecular weight excluding hydrogens is 298 g/mol. The lowest BCUT2D eigenvalue weighted by Crippen LogP contribution is -2.48. The Labute approximate surface area is 117 Å². The minimum absolute atomic E-state index is 0.0540. The summed E-state index contributed by atoms with van der Waals surface area (Å²) in [4.78, 5) is 24.6. The number of hydrogen-bond acceptors (Lipinski definition) is 3. The van der Waals surface area contributed by atoms with Crippen LogP contribution in [0.15, 0.2) is 0 Å². The predicted octanol–water partition coefficient (Wildman–Crippen LogP) is 0.472. The van der Waals surface area contributed by atoms with E-state index in [0.717, 1.165) is 25.9 Å². The molecule has 1 atom stereocenters. The van der Waals surface area contributed by atoms with Crippen molar-refractivity contribution in [3.63, 3.8) is 0 Å². The average molecular weight is 320 g/mol. The molecule has 0 saturated carbocycles. The van der Waals surface area contributed by atoms with Crippen LogP contribution in [0.4, 0.5) is 0 Å². The molecule has 1 aliphatic rings. The van der Waals surface area contributed by atoms with Gasteiger partial charge in [-0.1, -0.05) is 29.8 Å². The first kappa shape index (κ1) is 15.4. The maximum Gasteiger partial charge on any atom is 0.234 e. The second kappa shape index (κ2) is 7.09. The zero-order valence-electron chi connectivity index (χ0n) is 11.0. The molecule has 1 fully saturated rings. The maximum absolute atomic E-state index is 11.9. The Kier molecular flexibility index (Phi) is 6.08. The van der Waals surface area contributed by atoms with E-state index in [9.17, 15) is 9.59 Å². The standard InChI is InChI=1S/C12H22BrN3O2/c1-8(2)11(13)12(18)15-9-3-5-16(6-4-9)7-10(14)17/h8-9,11H,3-7H2,1-2H3,(H2,14,17)(H,15,18). The van der Waals surface area contributed by atoms with E-state index in [-0.39, 0.29) is 28.6 Å². The van der Waals surface area contributed by atoms with Gasteiger partial charge in [0.15, 0.2) is 0 Å². The number of carbonyl (C=O) groups excluding carboxylic acids is 2. The van der Waals surface area contributed by atoms with Crippen LogP contribution in [0.5, 0.6) is 0 Å². The van der Waals surface area contributed by atoms with Crippen LogP contribution < -0.4 is 11.1 Å². The van der Waals surface area contributed by atoms with Gasteiger partial charge in [-0.15, -0.1) is 0 Å². The van der Waals surface area contributed by atoms with Gasteiger partial charge in [-0.3, -0.25) is 14.5 Å². The van der Waals surface area contributed by atoms with Crippen LogP contribution in [0.3, 0.4) is 0 Å². The number of alkyl halides is 1. The molecule has 1 heterocycles. The fourth-order valence-corrected chi connectivity index (χ4v) is 2.17. The summed E-state index contributed by atoms with van der Waals surface area (Å²) in [7, 11) is 0. The van der Waals surface area contributed by atoms with Crippen molar-refractivity contribution in [1.29, 1.82) is 0 Å². The van der Waals surface area contributed by atoms with Crippen molar-refractivity contribution in [1.82, 2.24) is 10.2 Å². The van der Waals surface area contributed by atoms with Gasteiger partial charge in [-0.25, -0.2) is 0 Å². The summed E-state index contributed by atoms with van der Waals surface area (Å²) in [5.41, 5.74) is 5.16. The lowest BCUT2D eigenvalue weighted by molar-refractivity contribution is -0.123. The Bertz CT molecular complexity index is 302. The predicted molar refractivity (Wildman–Crippen MR) is 74.4 cm³/mol. The fraction of sp³-hybridized carbons (Fsp3) is 0.833. The van der Waals surface area contributed by atoms with Crippen molar-refractivity contribution in [2.45, 2.75) is 37.6 Å². The molecule has 0 bridgehead atoms. The summed E-state index contributed by atoms with van der Waals surface area (Å²) >= 11 is 3.40. The van der Waals surface area contributed by atoms with Gasteiger partial charge < -0.3 is 11.1 Å². The second-order valence-electron chi connectivity index (χ2n) is 5.17. The van der Waals surface area contributed by atoms with Crippen molar-refractivity contribution in [3.05, 3.63) is 0 Å². The molecule has 1 unspecified atom stereocenters. The van der Waals surface area contributed by atoms with Crippen molar-refractivity contribution < 1.29 is 9.59 Å². The van der Waals surface area contributed by atoms with Gasteiger partial charge in [0.25, 0.3) is 0 Å². The van der Waals surface area contributed by atoms with Crippen molar-refractivity contribution >= 4 is 27.7 Å². The van der Waals surface area contributed by atoms with Crippen LogP contribution >= 0.6 is 15.9 Å². The quantitative estimate of drug-likeness (QED) is 0.723. The molecule has 1 saturated heterocycles. The molecule has 104 valence electrons. The highest BCUT2D eigenvalue weighted by Gasteiger charge is 2.25. The lowest BCUT2D eigenvalue weighted by Gasteiger charge is -2.32. The van der Waals surface area contributed by atoms with E-state index < -0.39 is 0 Å². The molecule has 0 aromatic rings. The zero-order valence-corrected chi connectivity index (χ0v) is 12.6. The summed E-state index contributed by atoms with van der Waals surface area (Å²) in [5, 5.41) is 3.05. The van der Waals surface area contributed by atoms with Crippen molar-refractivity contribution in [2.24, 2.45) is 11.7 Å². The molecule has 0 radical (unpaired) electrons. The van der Waals surface area contributed by atoms with Crippen LogP contribution in [0.25, 0.3) is 0 Å². The number of nitrogens with zero attached hydrogens (tertiary/aromatic N) is 1. The molecule has 0 spiro atoms. The SMILES string of the molecule is CC(C)C(Br)C(=O)NC1CCN(CC(N)=O)CC1. The minimum atomic E-state index is -0.294. The molecule has 18 heavy (non-hydrogen) atoms. The number of carbonyl (C=O) groups is 2. The van der Waals surface area contributed by atoms with Gasteiger partial charge >= 0.3 is 0 Å². The zero-order chi connectivity index (χ0) is 13.7. The highest BCUT2D eigenvalue weighted by Crippen LogP contribution is 2.15. The van der Waals surface area contributed by atoms with Crippen molar-refractivity contribution in [2.75, 3.05) is 19.6 Å². The molecule has 0 aliphatic carbocycles. The fourth-order valence-electron chi connectivity index (χ4n) is 2.04. The Morgan fingerprint density at radius 3 is 2.39 bits per heavy atom. The Hall–Kier alpha value is -0.620. The summed E-state index contributed by atoms with van der Waals surface area (Å²) < 4.78 is 0. The molecule has 2 amide bonds. The van der Waals surface area contributed by atoms with Gasteiger partial charge in [0.2, 0.25) is 11.8 Å². The first-order valence-electron chi connectivity index (χ1n) is 6.35. The molecule has 5 nitrogen and oxygen atoms in total. The highest BCUT2D eigenvalue weighted by molar-refractivity contribution is 9.10. The maximum atomic E-state index is 11.9. The topological polar surface area (TPSA) is 75.4 Å². The van der Waals surface area contributed by atoms with Crippen LogP contribution in [-0.4, -0.2) is 47.2 Å². The largest absolute Gasteiger partial charge is 0.369 e. The third-order valence-electron chi connectivity index (χ3n) is 3.15. The van der Waals surface area contributed by atoms with E-state index in [1.54, 1.807) is 0 Å². The number of amides is 2. The van der Waals surface area contributed by atoms with Gasteiger partial charge in [0.05, 0.1) is 11.4 Å². The molecule has 6 heteroatoms. The highest BCUT2D eigenvalue weighted by atomic mass is 79.9. The first-order valence-corrected chi connectivity index (χ1v) is 7.26. The minimum Gasteiger partial charge on any atom is -0.369 e. The third-order valence-corrected chi connectivity index (χ3v) is 4.62. The molecule has 0 aromatic carbocycles. The van der Waals surface area contributed by atoms with Crippen molar-refractivity contribution in [3.8, 4) is 0 Å². The number of rotatable bonds is 5. The molecule has 1 aliphatic heterocycles. The van der Waals surface area contributed by atoms with Crippen LogP contribution in [0.2, 0.25) is 0 Å². The number of piperidine rings is 1. The van der Waals surface area contributed by atoms with E-state index in [1.807, 2.05) is 18.7 Å². The van der Waals surface area contributed by atoms with E-state index in [1.165, 1.54) is 0 Å². The van der Waals surface area contributed by atoms with E-state index in [2.05, 4.69) is 21.2 Å². The smallest absolute Gasteiger partial charge is 0.234 e. The Balaban J connectivity index is 2.31. The monoisotopic (exact) mass is 319 g/mol. The van der Waals surface area contributed by atoms with Crippen LogP contribution in [0.1, 0.15) is 26.7 Å². The molecular formula is C12H22BrN3O2. The third kappa shape index (κ3) is 4.94. The average Bonchev–Trinajstić information content (AvgIpc) is 2.29. The number of primary amides is 1. The molecule has 3 N–H and O–H groups in total. The number of likely N-dealkylation sites (tertiary alicyclic amines) is 1. The summed E-state index contributed by atoms with van der Waals surface area (Å²) in [6, 6.07) is 0.209. The Morgan fingerprint density at radius 1 is 1.39 bits per heavy atom. The second-order valence-corrected chi connectivity index (χ2v) is 6.16. The summed E-state index contributed by atoms with van der Waals surface area (Å²) in [6.45, 7) is 5.95. The number of nitrogens with one attached hydrogen (secondary N) is 1.